The van der Waals surface area contributed by atoms with Crippen LogP contribution in [-0.2, 0) is 17.5 Å². The van der Waals surface area contributed by atoms with E-state index in [-0.39, 0.29) is 18.7 Å². The monoisotopic (exact) mass is 412 g/mol. The van der Waals surface area contributed by atoms with E-state index < -0.39 is 50.6 Å². The van der Waals surface area contributed by atoms with Crippen LogP contribution < -0.4 is 10.6 Å². The molecule has 0 aliphatic heterocycles. The number of nitro groups is 2. The highest BCUT2D eigenvalue weighted by Crippen LogP contribution is 2.41. The first-order valence-electron chi connectivity index (χ1n) is 8.13. The number of nitrogens with one attached hydrogen (secondary N) is 2. The lowest BCUT2D eigenvalue weighted by molar-refractivity contribution is -0.392. The van der Waals surface area contributed by atoms with Crippen LogP contribution in [0.2, 0.25) is 0 Å². The van der Waals surface area contributed by atoms with Gasteiger partial charge in [-0.05, 0) is 12.5 Å². The molecule has 2 rings (SSSR count). The number of hydrogen-bond acceptors (Lipinski definition) is 6. The average molecular weight is 412 g/mol. The molecule has 0 heterocycles. The Morgan fingerprint density at radius 2 is 1.59 bits per heavy atom. The van der Waals surface area contributed by atoms with Crippen molar-refractivity contribution in [2.75, 3.05) is 5.32 Å². The van der Waals surface area contributed by atoms with E-state index in [9.17, 15) is 38.2 Å². The first-order valence-corrected chi connectivity index (χ1v) is 8.13. The maximum absolute atomic E-state index is 12.9. The molecule has 154 valence electrons. The molecular formula is C17H15F3N4O5. The fourth-order valence-corrected chi connectivity index (χ4v) is 2.43. The zero-order valence-corrected chi connectivity index (χ0v) is 14.9. The van der Waals surface area contributed by atoms with Gasteiger partial charge in [-0.3, -0.25) is 25.0 Å². The summed E-state index contributed by atoms with van der Waals surface area (Å²) in [6, 6.07) is 7.92. The maximum atomic E-state index is 12.9. The first-order chi connectivity index (χ1) is 13.5. The Morgan fingerprint density at radius 1 is 1.07 bits per heavy atom. The number of amides is 1. The highest BCUT2D eigenvalue weighted by atomic mass is 19.4. The van der Waals surface area contributed by atoms with E-state index in [1.165, 1.54) is 6.92 Å². The Hall–Kier alpha value is -3.70. The summed E-state index contributed by atoms with van der Waals surface area (Å²) in [5.41, 5.74) is -3.87. The molecule has 2 aromatic rings. The average Bonchev–Trinajstić information content (AvgIpc) is 2.65. The number of nitro benzene ring substituents is 2. The lowest BCUT2D eigenvalue weighted by Crippen LogP contribution is -2.37. The molecule has 0 saturated heterocycles. The molecule has 0 bridgehead atoms. The third kappa shape index (κ3) is 5.40. The zero-order valence-electron chi connectivity index (χ0n) is 14.9. The number of carbonyl (C=O) groups excluding carboxylic acids is 1. The van der Waals surface area contributed by atoms with Crippen LogP contribution in [0.5, 0.6) is 0 Å². The molecule has 1 unspecified atom stereocenters. The van der Waals surface area contributed by atoms with Crippen LogP contribution in [0, 0.1) is 20.2 Å². The van der Waals surface area contributed by atoms with Gasteiger partial charge in [0.15, 0.2) is 5.69 Å². The van der Waals surface area contributed by atoms with E-state index in [0.717, 1.165) is 5.56 Å². The lowest BCUT2D eigenvalue weighted by Gasteiger charge is -2.16. The van der Waals surface area contributed by atoms with Gasteiger partial charge >= 0.3 is 6.18 Å². The number of hydrogen-bond donors (Lipinski definition) is 2. The Bertz CT molecular complexity index is 899. The fourth-order valence-electron chi connectivity index (χ4n) is 2.43. The normalized spacial score (nSPS) is 12.1. The maximum Gasteiger partial charge on any atom is 0.416 e. The molecule has 0 aliphatic carbocycles. The van der Waals surface area contributed by atoms with Crippen molar-refractivity contribution in [1.29, 1.82) is 0 Å². The van der Waals surface area contributed by atoms with E-state index in [0.29, 0.717) is 0 Å². The lowest BCUT2D eigenvalue weighted by atomic mass is 10.1. The van der Waals surface area contributed by atoms with Gasteiger partial charge < -0.3 is 10.6 Å². The van der Waals surface area contributed by atoms with E-state index in [1.807, 2.05) is 0 Å². The van der Waals surface area contributed by atoms with Crippen LogP contribution in [0.15, 0.2) is 42.5 Å². The van der Waals surface area contributed by atoms with Crippen molar-refractivity contribution in [1.82, 2.24) is 5.32 Å². The van der Waals surface area contributed by atoms with E-state index in [2.05, 4.69) is 10.6 Å². The SMILES string of the molecule is CC(Nc1c([N+](=O)[O-])cc(C(F)(F)F)cc1[N+](=O)[O-])C(=O)NCc1ccccc1. The molecule has 1 atom stereocenters. The molecule has 2 N–H and O–H groups in total. The minimum atomic E-state index is -5.02. The third-order valence-electron chi connectivity index (χ3n) is 3.88. The molecule has 1 amide bonds. The van der Waals surface area contributed by atoms with Gasteiger partial charge in [0.25, 0.3) is 11.4 Å². The van der Waals surface area contributed by atoms with Gasteiger partial charge in [0, 0.05) is 18.7 Å². The molecule has 29 heavy (non-hydrogen) atoms. The van der Waals surface area contributed by atoms with Crippen molar-refractivity contribution < 1.29 is 27.8 Å². The summed E-state index contributed by atoms with van der Waals surface area (Å²) in [6.45, 7) is 1.40. The van der Waals surface area contributed by atoms with E-state index in [1.54, 1.807) is 30.3 Å². The smallest absolute Gasteiger partial charge is 0.363 e. The Labute approximate surface area is 161 Å². The van der Waals surface area contributed by atoms with Crippen LogP contribution in [0.1, 0.15) is 18.1 Å². The van der Waals surface area contributed by atoms with Gasteiger partial charge in [-0.15, -0.1) is 0 Å². The summed E-state index contributed by atoms with van der Waals surface area (Å²) in [5, 5.41) is 27.3. The van der Waals surface area contributed by atoms with Crippen LogP contribution >= 0.6 is 0 Å². The topological polar surface area (TPSA) is 127 Å². The van der Waals surface area contributed by atoms with Crippen molar-refractivity contribution in [3.63, 3.8) is 0 Å². The molecule has 2 aromatic carbocycles. The summed E-state index contributed by atoms with van der Waals surface area (Å²) in [5.74, 6) is -0.655. The van der Waals surface area contributed by atoms with Gasteiger partial charge in [0.2, 0.25) is 5.91 Å². The largest absolute Gasteiger partial charge is 0.416 e. The van der Waals surface area contributed by atoms with Gasteiger partial charge in [0.1, 0.15) is 6.04 Å². The number of halogens is 3. The molecule has 0 fully saturated rings. The summed E-state index contributed by atoms with van der Waals surface area (Å²) < 4.78 is 38.8. The molecule has 0 saturated carbocycles. The van der Waals surface area contributed by atoms with Gasteiger partial charge in [0.05, 0.1) is 15.4 Å². The predicted octanol–water partition coefficient (Wildman–Crippen LogP) is 3.64. The predicted molar refractivity (Wildman–Crippen MR) is 96.1 cm³/mol. The van der Waals surface area contributed by atoms with Crippen molar-refractivity contribution >= 4 is 23.0 Å². The highest BCUT2D eigenvalue weighted by molar-refractivity contribution is 5.87. The Morgan fingerprint density at radius 3 is 2.03 bits per heavy atom. The zero-order chi connectivity index (χ0) is 21.8. The number of carbonyl (C=O) groups is 1. The summed E-state index contributed by atoms with van der Waals surface area (Å²) in [7, 11) is 0. The van der Waals surface area contributed by atoms with E-state index >= 15 is 0 Å². The second-order valence-electron chi connectivity index (χ2n) is 5.97. The number of benzene rings is 2. The van der Waals surface area contributed by atoms with Crippen molar-refractivity contribution in [3.8, 4) is 0 Å². The molecule has 0 radical (unpaired) electrons. The number of anilines is 1. The molecule has 12 heteroatoms. The summed E-state index contributed by atoms with van der Waals surface area (Å²) in [6.07, 6.45) is -5.02. The Balaban J connectivity index is 2.31. The second kappa shape index (κ2) is 8.54. The Kier molecular flexibility index (Phi) is 6.36. The van der Waals surface area contributed by atoms with Gasteiger partial charge in [-0.25, -0.2) is 0 Å². The van der Waals surface area contributed by atoms with Gasteiger partial charge in [-0.1, -0.05) is 30.3 Å². The van der Waals surface area contributed by atoms with Crippen molar-refractivity contribution in [3.05, 3.63) is 73.8 Å². The van der Waals surface area contributed by atoms with E-state index in [4.69, 9.17) is 0 Å². The first kappa shape index (κ1) is 21.6. The van der Waals surface area contributed by atoms with Gasteiger partial charge in [-0.2, -0.15) is 13.2 Å². The number of alkyl halides is 3. The number of rotatable bonds is 7. The standard InChI is InChI=1S/C17H15F3N4O5/c1-10(16(25)21-9-11-5-3-2-4-6-11)22-15-13(23(26)27)7-12(17(18,19)20)8-14(15)24(28)29/h2-8,10,22H,9H2,1H3,(H,21,25). The minimum absolute atomic E-state index is 0.128. The summed E-state index contributed by atoms with van der Waals surface area (Å²) >= 11 is 0. The second-order valence-corrected chi connectivity index (χ2v) is 5.97. The summed E-state index contributed by atoms with van der Waals surface area (Å²) in [4.78, 5) is 32.3. The highest BCUT2D eigenvalue weighted by Gasteiger charge is 2.38. The molecule has 0 aliphatic rings. The number of nitrogens with zero attached hydrogens (tertiary/aromatic N) is 2. The van der Waals surface area contributed by atoms with Crippen LogP contribution in [0.4, 0.5) is 30.2 Å². The molecule has 9 nitrogen and oxygen atoms in total. The van der Waals surface area contributed by atoms with Crippen LogP contribution in [-0.4, -0.2) is 21.8 Å². The minimum Gasteiger partial charge on any atom is -0.363 e. The third-order valence-corrected chi connectivity index (χ3v) is 3.88. The van der Waals surface area contributed by atoms with Crippen LogP contribution in [0.3, 0.4) is 0 Å². The molecular weight excluding hydrogens is 397 g/mol. The molecule has 0 spiro atoms. The van der Waals surface area contributed by atoms with Crippen LogP contribution in [0.25, 0.3) is 0 Å². The fraction of sp³-hybridized carbons (Fsp3) is 0.235. The molecule has 0 aromatic heterocycles. The van der Waals surface area contributed by atoms with Crippen molar-refractivity contribution in [2.24, 2.45) is 0 Å². The quantitative estimate of drug-likeness (QED) is 0.528. The van der Waals surface area contributed by atoms with Crippen molar-refractivity contribution in [2.45, 2.75) is 25.7 Å².